The van der Waals surface area contributed by atoms with E-state index in [-0.39, 0.29) is 18.8 Å². The lowest BCUT2D eigenvalue weighted by atomic mass is 10.2. The van der Waals surface area contributed by atoms with Crippen LogP contribution in [-0.4, -0.2) is 52.2 Å². The van der Waals surface area contributed by atoms with E-state index < -0.39 is 18.9 Å². The molecule has 5 nitrogen and oxygen atoms in total. The van der Waals surface area contributed by atoms with Gasteiger partial charge in [0.2, 0.25) is 0 Å². The van der Waals surface area contributed by atoms with E-state index in [1.807, 2.05) is 0 Å². The summed E-state index contributed by atoms with van der Waals surface area (Å²) in [5, 5.41) is 16.0. The lowest BCUT2D eigenvalue weighted by Crippen LogP contribution is -2.37. The number of para-hydroxylation sites is 1. The van der Waals surface area contributed by atoms with E-state index in [2.05, 4.69) is 10.2 Å². The Hall–Kier alpha value is -2.02. The van der Waals surface area contributed by atoms with Crippen LogP contribution in [0.25, 0.3) is 10.9 Å². The third kappa shape index (κ3) is 2.87. The smallest absolute Gasteiger partial charge is 0.275 e. The lowest BCUT2D eigenvalue weighted by molar-refractivity contribution is 0.0506. The first kappa shape index (κ1) is 13.4. The second-order valence-electron chi connectivity index (χ2n) is 3.98. The van der Waals surface area contributed by atoms with Crippen LogP contribution in [0.1, 0.15) is 10.5 Å². The summed E-state index contributed by atoms with van der Waals surface area (Å²) in [6.07, 6.45) is -2.65. The van der Waals surface area contributed by atoms with Crippen molar-refractivity contribution in [2.24, 2.45) is 0 Å². The van der Waals surface area contributed by atoms with Crippen LogP contribution in [0, 0.1) is 0 Å². The van der Waals surface area contributed by atoms with E-state index in [9.17, 15) is 13.6 Å². The fourth-order valence-electron chi connectivity index (χ4n) is 1.84. The van der Waals surface area contributed by atoms with Crippen LogP contribution in [0.4, 0.5) is 8.78 Å². The SMILES string of the molecule is O=C(c1n[nH]c2ccccc12)N(CCO)CC(F)F. The molecule has 0 aliphatic rings. The molecule has 1 heterocycles. The number of hydrogen-bond donors (Lipinski definition) is 2. The molecule has 19 heavy (non-hydrogen) atoms. The minimum absolute atomic E-state index is 0.0877. The molecule has 0 unspecified atom stereocenters. The monoisotopic (exact) mass is 269 g/mol. The first-order chi connectivity index (χ1) is 9.13. The van der Waals surface area contributed by atoms with Gasteiger partial charge in [-0.1, -0.05) is 18.2 Å². The van der Waals surface area contributed by atoms with Crippen molar-refractivity contribution < 1.29 is 18.7 Å². The van der Waals surface area contributed by atoms with Crippen molar-refractivity contribution in [2.75, 3.05) is 19.7 Å². The number of nitrogens with one attached hydrogen (secondary N) is 1. The van der Waals surface area contributed by atoms with Crippen LogP contribution in [0.5, 0.6) is 0 Å². The third-order valence-electron chi connectivity index (χ3n) is 2.69. The maximum absolute atomic E-state index is 12.4. The minimum atomic E-state index is -2.65. The third-order valence-corrected chi connectivity index (χ3v) is 2.69. The summed E-state index contributed by atoms with van der Waals surface area (Å²) < 4.78 is 24.8. The Labute approximate surface area is 107 Å². The molecule has 7 heteroatoms. The number of carbonyl (C=O) groups excluding carboxylic acids is 1. The van der Waals surface area contributed by atoms with Gasteiger partial charge in [0.25, 0.3) is 12.3 Å². The highest BCUT2D eigenvalue weighted by Crippen LogP contribution is 2.17. The number of rotatable bonds is 5. The summed E-state index contributed by atoms with van der Waals surface area (Å²) in [6, 6.07) is 6.94. The number of amides is 1. The normalized spacial score (nSPS) is 11.2. The molecule has 1 amide bonds. The van der Waals surface area contributed by atoms with E-state index in [0.29, 0.717) is 10.9 Å². The second kappa shape index (κ2) is 5.75. The number of aliphatic hydroxyl groups excluding tert-OH is 1. The molecule has 0 saturated carbocycles. The average Bonchev–Trinajstić information content (AvgIpc) is 2.80. The number of aromatic nitrogens is 2. The molecule has 2 aromatic rings. The van der Waals surface area contributed by atoms with E-state index in [1.54, 1.807) is 24.3 Å². The fraction of sp³-hybridized carbons (Fsp3) is 0.333. The fourth-order valence-corrected chi connectivity index (χ4v) is 1.84. The van der Waals surface area contributed by atoms with Crippen LogP contribution >= 0.6 is 0 Å². The molecule has 0 spiro atoms. The summed E-state index contributed by atoms with van der Waals surface area (Å²) in [7, 11) is 0. The van der Waals surface area contributed by atoms with Crippen molar-refractivity contribution in [1.29, 1.82) is 0 Å². The lowest BCUT2D eigenvalue weighted by Gasteiger charge is -2.20. The number of alkyl halides is 2. The summed E-state index contributed by atoms with van der Waals surface area (Å²) in [5.74, 6) is -0.619. The van der Waals surface area contributed by atoms with Gasteiger partial charge in [0.15, 0.2) is 5.69 Å². The van der Waals surface area contributed by atoms with Crippen molar-refractivity contribution in [3.8, 4) is 0 Å². The first-order valence-corrected chi connectivity index (χ1v) is 5.75. The average molecular weight is 269 g/mol. The Morgan fingerprint density at radius 3 is 2.84 bits per heavy atom. The predicted molar refractivity (Wildman–Crippen MR) is 65.1 cm³/mol. The zero-order valence-corrected chi connectivity index (χ0v) is 10.0. The molecular weight excluding hydrogens is 256 g/mol. The van der Waals surface area contributed by atoms with Crippen molar-refractivity contribution >= 4 is 16.8 Å². The Balaban J connectivity index is 2.30. The van der Waals surface area contributed by atoms with Gasteiger partial charge in [-0.05, 0) is 6.07 Å². The van der Waals surface area contributed by atoms with Crippen molar-refractivity contribution in [3.05, 3.63) is 30.0 Å². The molecule has 1 aromatic heterocycles. The zero-order valence-electron chi connectivity index (χ0n) is 10.0. The highest BCUT2D eigenvalue weighted by Gasteiger charge is 2.23. The zero-order chi connectivity index (χ0) is 13.8. The van der Waals surface area contributed by atoms with Gasteiger partial charge in [-0.25, -0.2) is 8.78 Å². The van der Waals surface area contributed by atoms with Gasteiger partial charge in [-0.3, -0.25) is 9.89 Å². The molecule has 102 valence electrons. The molecule has 1 aromatic carbocycles. The molecule has 2 N–H and O–H groups in total. The Morgan fingerprint density at radius 1 is 1.42 bits per heavy atom. The molecular formula is C12H13F2N3O2. The van der Waals surface area contributed by atoms with E-state index >= 15 is 0 Å². The number of hydrogen-bond acceptors (Lipinski definition) is 3. The van der Waals surface area contributed by atoms with Gasteiger partial charge in [0.1, 0.15) is 0 Å². The van der Waals surface area contributed by atoms with E-state index in [1.165, 1.54) is 0 Å². The number of fused-ring (bicyclic) bond motifs is 1. The number of benzene rings is 1. The molecule has 0 aliphatic carbocycles. The van der Waals surface area contributed by atoms with Gasteiger partial charge in [0.05, 0.1) is 18.7 Å². The largest absolute Gasteiger partial charge is 0.395 e. The summed E-state index contributed by atoms with van der Waals surface area (Å²) in [6.45, 7) is -1.24. The summed E-state index contributed by atoms with van der Waals surface area (Å²) in [4.78, 5) is 13.0. The molecule has 0 fully saturated rings. The van der Waals surface area contributed by atoms with Gasteiger partial charge >= 0.3 is 0 Å². The number of halogens is 2. The summed E-state index contributed by atoms with van der Waals surface area (Å²) >= 11 is 0. The van der Waals surface area contributed by atoms with Gasteiger partial charge < -0.3 is 10.0 Å². The summed E-state index contributed by atoms with van der Waals surface area (Å²) in [5.41, 5.74) is 0.747. The van der Waals surface area contributed by atoms with Crippen molar-refractivity contribution in [1.82, 2.24) is 15.1 Å². The second-order valence-corrected chi connectivity index (χ2v) is 3.98. The minimum Gasteiger partial charge on any atom is -0.395 e. The van der Waals surface area contributed by atoms with E-state index in [0.717, 1.165) is 4.90 Å². The topological polar surface area (TPSA) is 69.2 Å². The predicted octanol–water partition coefficient (Wildman–Crippen LogP) is 1.26. The maximum atomic E-state index is 12.4. The Bertz CT molecular complexity index is 571. The molecule has 0 bridgehead atoms. The first-order valence-electron chi connectivity index (χ1n) is 5.75. The quantitative estimate of drug-likeness (QED) is 0.858. The standard InChI is InChI=1S/C12H13F2N3O2/c13-10(14)7-17(5-6-18)12(19)11-8-3-1-2-4-9(8)15-16-11/h1-4,10,18H,5-7H2,(H,15,16). The number of nitrogens with zero attached hydrogens (tertiary/aromatic N) is 2. The molecule has 2 rings (SSSR count). The van der Waals surface area contributed by atoms with Gasteiger partial charge in [0, 0.05) is 11.9 Å². The van der Waals surface area contributed by atoms with Gasteiger partial charge in [-0.15, -0.1) is 0 Å². The molecule has 0 saturated heterocycles. The Kier molecular flexibility index (Phi) is 4.06. The van der Waals surface area contributed by atoms with Gasteiger partial charge in [-0.2, -0.15) is 5.10 Å². The van der Waals surface area contributed by atoms with Crippen LogP contribution in [0.15, 0.2) is 24.3 Å². The molecule has 0 atom stereocenters. The van der Waals surface area contributed by atoms with Crippen LogP contribution in [-0.2, 0) is 0 Å². The van der Waals surface area contributed by atoms with Crippen molar-refractivity contribution in [2.45, 2.75) is 6.43 Å². The number of H-pyrrole nitrogens is 1. The van der Waals surface area contributed by atoms with E-state index in [4.69, 9.17) is 5.11 Å². The molecule has 0 aliphatic heterocycles. The molecule has 0 radical (unpaired) electrons. The number of aromatic amines is 1. The van der Waals surface area contributed by atoms with Crippen LogP contribution in [0.3, 0.4) is 0 Å². The number of carbonyl (C=O) groups is 1. The van der Waals surface area contributed by atoms with Crippen LogP contribution in [0.2, 0.25) is 0 Å². The highest BCUT2D eigenvalue weighted by molar-refractivity contribution is 6.04. The number of aliphatic hydroxyl groups is 1. The maximum Gasteiger partial charge on any atom is 0.275 e. The van der Waals surface area contributed by atoms with Crippen LogP contribution < -0.4 is 0 Å². The van der Waals surface area contributed by atoms with Crippen molar-refractivity contribution in [3.63, 3.8) is 0 Å². The Morgan fingerprint density at radius 2 is 2.16 bits per heavy atom. The highest BCUT2D eigenvalue weighted by atomic mass is 19.3.